The Morgan fingerprint density at radius 2 is 1.85 bits per heavy atom. The number of benzene rings is 2. The standard InChI is InChI=1S/C16H14BrFN2/c17-16-11(4-3-6-14(16)18)9-20-10-12(8-19)13-5-1-2-7-15(13)20/h1-7,10H,8-9,19H2. The Bertz CT molecular complexity index is 764. The lowest BCUT2D eigenvalue weighted by Crippen LogP contribution is -2.00. The molecule has 0 aliphatic heterocycles. The predicted octanol–water partition coefficient (Wildman–Crippen LogP) is 4.05. The molecular weight excluding hydrogens is 319 g/mol. The Hall–Kier alpha value is -1.65. The van der Waals surface area contributed by atoms with Gasteiger partial charge in [0, 0.05) is 30.2 Å². The maximum atomic E-state index is 13.6. The normalized spacial score (nSPS) is 11.2. The first kappa shape index (κ1) is 13.3. The third-order valence-electron chi connectivity index (χ3n) is 3.46. The van der Waals surface area contributed by atoms with Crippen molar-refractivity contribution in [1.29, 1.82) is 0 Å². The number of hydrogen-bond donors (Lipinski definition) is 1. The number of aromatic nitrogens is 1. The van der Waals surface area contributed by atoms with Crippen LogP contribution in [0.15, 0.2) is 53.1 Å². The lowest BCUT2D eigenvalue weighted by molar-refractivity contribution is 0.616. The minimum absolute atomic E-state index is 0.238. The van der Waals surface area contributed by atoms with Gasteiger partial charge >= 0.3 is 0 Å². The predicted molar refractivity (Wildman–Crippen MR) is 83.0 cm³/mol. The second kappa shape index (κ2) is 5.38. The van der Waals surface area contributed by atoms with Crippen LogP contribution in [0.2, 0.25) is 0 Å². The summed E-state index contributed by atoms with van der Waals surface area (Å²) in [6.45, 7) is 1.11. The van der Waals surface area contributed by atoms with E-state index in [-0.39, 0.29) is 5.82 Å². The Labute approximate surface area is 125 Å². The molecule has 0 spiro atoms. The summed E-state index contributed by atoms with van der Waals surface area (Å²) in [5.74, 6) is -0.238. The number of rotatable bonds is 3. The SMILES string of the molecule is NCc1cn(Cc2cccc(F)c2Br)c2ccccc12. The average molecular weight is 333 g/mol. The molecule has 0 aliphatic rings. The number of para-hydroxylation sites is 1. The van der Waals surface area contributed by atoms with E-state index >= 15 is 0 Å². The number of fused-ring (bicyclic) bond motifs is 1. The van der Waals surface area contributed by atoms with Gasteiger partial charge in [-0.05, 0) is 39.2 Å². The molecule has 0 fully saturated rings. The highest BCUT2D eigenvalue weighted by atomic mass is 79.9. The summed E-state index contributed by atoms with van der Waals surface area (Å²) in [6.07, 6.45) is 2.04. The van der Waals surface area contributed by atoms with E-state index in [4.69, 9.17) is 5.73 Å². The molecule has 2 N–H and O–H groups in total. The molecule has 0 unspecified atom stereocenters. The van der Waals surface area contributed by atoms with Crippen molar-refractivity contribution in [3.8, 4) is 0 Å². The summed E-state index contributed by atoms with van der Waals surface area (Å²) in [4.78, 5) is 0. The van der Waals surface area contributed by atoms with Gasteiger partial charge in [-0.3, -0.25) is 0 Å². The van der Waals surface area contributed by atoms with Gasteiger partial charge in [-0.25, -0.2) is 4.39 Å². The Kier molecular flexibility index (Phi) is 3.59. The molecule has 0 saturated heterocycles. The van der Waals surface area contributed by atoms with Crippen LogP contribution in [0.25, 0.3) is 10.9 Å². The highest BCUT2D eigenvalue weighted by molar-refractivity contribution is 9.10. The van der Waals surface area contributed by atoms with Crippen LogP contribution in [0.3, 0.4) is 0 Å². The third kappa shape index (κ3) is 2.25. The fraction of sp³-hybridized carbons (Fsp3) is 0.125. The van der Waals surface area contributed by atoms with Crippen LogP contribution < -0.4 is 5.73 Å². The minimum Gasteiger partial charge on any atom is -0.343 e. The summed E-state index contributed by atoms with van der Waals surface area (Å²) >= 11 is 3.31. The third-order valence-corrected chi connectivity index (χ3v) is 4.35. The second-order valence-electron chi connectivity index (χ2n) is 4.72. The Morgan fingerprint density at radius 1 is 1.05 bits per heavy atom. The lowest BCUT2D eigenvalue weighted by atomic mass is 10.2. The molecule has 1 heterocycles. The van der Waals surface area contributed by atoms with E-state index in [2.05, 4.69) is 32.6 Å². The lowest BCUT2D eigenvalue weighted by Gasteiger charge is -2.08. The van der Waals surface area contributed by atoms with E-state index in [1.54, 1.807) is 6.07 Å². The summed E-state index contributed by atoms with van der Waals surface area (Å²) in [7, 11) is 0. The zero-order chi connectivity index (χ0) is 14.1. The van der Waals surface area contributed by atoms with E-state index in [1.807, 2.05) is 24.4 Å². The van der Waals surface area contributed by atoms with E-state index in [9.17, 15) is 4.39 Å². The smallest absolute Gasteiger partial charge is 0.137 e. The average Bonchev–Trinajstić information content (AvgIpc) is 2.82. The van der Waals surface area contributed by atoms with Gasteiger partial charge in [-0.1, -0.05) is 30.3 Å². The van der Waals surface area contributed by atoms with E-state index in [0.29, 0.717) is 17.6 Å². The van der Waals surface area contributed by atoms with Gasteiger partial charge in [-0.15, -0.1) is 0 Å². The van der Waals surface area contributed by atoms with Gasteiger partial charge in [0.15, 0.2) is 0 Å². The van der Waals surface area contributed by atoms with Gasteiger partial charge in [0.2, 0.25) is 0 Å². The van der Waals surface area contributed by atoms with Crippen LogP contribution >= 0.6 is 15.9 Å². The van der Waals surface area contributed by atoms with Gasteiger partial charge in [-0.2, -0.15) is 0 Å². The van der Waals surface area contributed by atoms with E-state index in [0.717, 1.165) is 22.0 Å². The quantitative estimate of drug-likeness (QED) is 0.770. The second-order valence-corrected chi connectivity index (χ2v) is 5.51. The van der Waals surface area contributed by atoms with Crippen molar-refractivity contribution in [2.45, 2.75) is 13.1 Å². The monoisotopic (exact) mass is 332 g/mol. The molecule has 0 aliphatic carbocycles. The Morgan fingerprint density at radius 3 is 2.65 bits per heavy atom. The molecule has 0 radical (unpaired) electrons. The highest BCUT2D eigenvalue weighted by Gasteiger charge is 2.10. The molecule has 102 valence electrons. The van der Waals surface area contributed by atoms with Crippen molar-refractivity contribution in [2.75, 3.05) is 0 Å². The van der Waals surface area contributed by atoms with E-state index < -0.39 is 0 Å². The molecule has 3 rings (SSSR count). The van der Waals surface area contributed by atoms with Gasteiger partial charge in [0.25, 0.3) is 0 Å². The number of halogens is 2. The molecule has 20 heavy (non-hydrogen) atoms. The minimum atomic E-state index is -0.238. The molecule has 3 aromatic rings. The number of hydrogen-bond acceptors (Lipinski definition) is 1. The van der Waals surface area contributed by atoms with Crippen LogP contribution in [0.1, 0.15) is 11.1 Å². The summed E-state index contributed by atoms with van der Waals surface area (Å²) < 4.78 is 16.2. The number of nitrogens with two attached hydrogens (primary N) is 1. The fourth-order valence-electron chi connectivity index (χ4n) is 2.47. The van der Waals surface area contributed by atoms with E-state index in [1.165, 1.54) is 6.07 Å². The fourth-order valence-corrected chi connectivity index (χ4v) is 2.86. The molecule has 0 amide bonds. The highest BCUT2D eigenvalue weighted by Crippen LogP contribution is 2.25. The van der Waals surface area contributed by atoms with Crippen LogP contribution in [0.4, 0.5) is 4.39 Å². The molecule has 2 aromatic carbocycles. The zero-order valence-electron chi connectivity index (χ0n) is 10.8. The van der Waals surface area contributed by atoms with Crippen LogP contribution in [-0.2, 0) is 13.1 Å². The van der Waals surface area contributed by atoms with Crippen molar-refractivity contribution in [1.82, 2.24) is 4.57 Å². The molecule has 0 saturated carbocycles. The van der Waals surface area contributed by atoms with Crippen molar-refractivity contribution >= 4 is 26.8 Å². The Balaban J connectivity index is 2.09. The van der Waals surface area contributed by atoms with Gasteiger partial charge in [0.05, 0.1) is 4.47 Å². The van der Waals surface area contributed by atoms with Crippen LogP contribution in [0.5, 0.6) is 0 Å². The van der Waals surface area contributed by atoms with Crippen molar-refractivity contribution < 1.29 is 4.39 Å². The molecule has 0 bridgehead atoms. The van der Waals surface area contributed by atoms with Crippen molar-refractivity contribution in [3.05, 3.63) is 70.1 Å². The number of nitrogens with zero attached hydrogens (tertiary/aromatic N) is 1. The summed E-state index contributed by atoms with van der Waals surface area (Å²) in [5.41, 5.74) is 8.93. The van der Waals surface area contributed by atoms with Gasteiger partial charge in [0.1, 0.15) is 5.82 Å². The van der Waals surface area contributed by atoms with Crippen molar-refractivity contribution in [3.63, 3.8) is 0 Å². The topological polar surface area (TPSA) is 30.9 Å². The zero-order valence-corrected chi connectivity index (χ0v) is 12.4. The first-order valence-electron chi connectivity index (χ1n) is 6.40. The molecule has 0 atom stereocenters. The first-order chi connectivity index (χ1) is 9.70. The maximum absolute atomic E-state index is 13.6. The molecular formula is C16H14BrFN2. The maximum Gasteiger partial charge on any atom is 0.137 e. The molecule has 1 aromatic heterocycles. The van der Waals surface area contributed by atoms with Crippen molar-refractivity contribution in [2.24, 2.45) is 5.73 Å². The summed E-state index contributed by atoms with van der Waals surface area (Å²) in [5, 5.41) is 1.16. The summed E-state index contributed by atoms with van der Waals surface area (Å²) in [6, 6.07) is 13.2. The van der Waals surface area contributed by atoms with Gasteiger partial charge < -0.3 is 10.3 Å². The molecule has 2 nitrogen and oxygen atoms in total. The molecule has 4 heteroatoms. The van der Waals surface area contributed by atoms with Crippen LogP contribution in [-0.4, -0.2) is 4.57 Å². The first-order valence-corrected chi connectivity index (χ1v) is 7.19. The van der Waals surface area contributed by atoms with Crippen LogP contribution in [0, 0.1) is 5.82 Å². The largest absolute Gasteiger partial charge is 0.343 e.